The third kappa shape index (κ3) is 3.52. The van der Waals surface area contributed by atoms with Gasteiger partial charge in [-0.3, -0.25) is 4.72 Å². The van der Waals surface area contributed by atoms with Gasteiger partial charge in [-0.1, -0.05) is 39.0 Å². The van der Waals surface area contributed by atoms with E-state index in [0.29, 0.717) is 12.2 Å². The van der Waals surface area contributed by atoms with Crippen molar-refractivity contribution in [2.24, 2.45) is 0 Å². The maximum Gasteiger partial charge on any atom is 0.236 e. The van der Waals surface area contributed by atoms with Crippen molar-refractivity contribution in [3.05, 3.63) is 29.8 Å². The van der Waals surface area contributed by atoms with Crippen LogP contribution >= 0.6 is 0 Å². The van der Waals surface area contributed by atoms with Gasteiger partial charge in [-0.25, -0.2) is 8.42 Å². The fraction of sp³-hybridized carbons (Fsp3) is 0.600. The predicted molar refractivity (Wildman–Crippen MR) is 83.6 cm³/mol. The van der Waals surface area contributed by atoms with Gasteiger partial charge in [0.25, 0.3) is 0 Å². The Labute approximate surface area is 122 Å². The highest BCUT2D eigenvalue weighted by Crippen LogP contribution is 2.30. The van der Waals surface area contributed by atoms with Crippen LogP contribution in [0, 0.1) is 0 Å². The van der Waals surface area contributed by atoms with Gasteiger partial charge in [0.15, 0.2) is 0 Å². The summed E-state index contributed by atoms with van der Waals surface area (Å²) < 4.78 is 27.8. The normalized spacial score (nSPS) is 20.6. The molecule has 1 saturated heterocycles. The zero-order valence-electron chi connectivity index (χ0n) is 12.4. The first kappa shape index (κ1) is 15.3. The van der Waals surface area contributed by atoms with Crippen molar-refractivity contribution in [3.8, 4) is 0 Å². The first-order chi connectivity index (χ1) is 9.31. The molecule has 0 radical (unpaired) electrons. The highest BCUT2D eigenvalue weighted by molar-refractivity contribution is 7.93. The van der Waals surface area contributed by atoms with Crippen LogP contribution in [0.4, 0.5) is 5.69 Å². The molecule has 4 nitrogen and oxygen atoms in total. The summed E-state index contributed by atoms with van der Waals surface area (Å²) in [4.78, 5) is 0. The largest absolute Gasteiger partial charge is 0.315 e. The van der Waals surface area contributed by atoms with Gasteiger partial charge in [-0.05, 0) is 36.4 Å². The third-order valence-electron chi connectivity index (χ3n) is 3.68. The zero-order valence-corrected chi connectivity index (χ0v) is 13.3. The van der Waals surface area contributed by atoms with Crippen LogP contribution in [0.2, 0.25) is 0 Å². The molecule has 1 fully saturated rings. The van der Waals surface area contributed by atoms with E-state index in [1.807, 2.05) is 24.3 Å². The van der Waals surface area contributed by atoms with Gasteiger partial charge in [0.1, 0.15) is 0 Å². The molecule has 1 aromatic rings. The second-order valence-electron chi connectivity index (χ2n) is 6.41. The molecule has 5 heteroatoms. The summed E-state index contributed by atoms with van der Waals surface area (Å²) in [5.41, 5.74) is 1.63. The lowest BCUT2D eigenvalue weighted by atomic mass is 9.86. The SMILES string of the molecule is CC(C)(C)c1ccccc1NS(=O)(=O)C1CCCNC1. The Kier molecular flexibility index (Phi) is 4.39. The highest BCUT2D eigenvalue weighted by atomic mass is 32.2. The summed E-state index contributed by atoms with van der Waals surface area (Å²) in [6.45, 7) is 7.70. The van der Waals surface area contributed by atoms with Crippen LogP contribution in [0.25, 0.3) is 0 Å². The van der Waals surface area contributed by atoms with E-state index in [1.165, 1.54) is 0 Å². The van der Waals surface area contributed by atoms with E-state index in [9.17, 15) is 8.42 Å². The van der Waals surface area contributed by atoms with E-state index in [1.54, 1.807) is 0 Å². The number of hydrogen-bond acceptors (Lipinski definition) is 3. The molecule has 1 aromatic carbocycles. The second kappa shape index (κ2) is 5.74. The number of para-hydroxylation sites is 1. The zero-order chi connectivity index (χ0) is 14.8. The van der Waals surface area contributed by atoms with Gasteiger partial charge in [-0.2, -0.15) is 0 Å². The molecule has 20 heavy (non-hydrogen) atoms. The molecular weight excluding hydrogens is 272 g/mol. The van der Waals surface area contributed by atoms with Crippen molar-refractivity contribution in [1.82, 2.24) is 5.32 Å². The van der Waals surface area contributed by atoms with Crippen LogP contribution in [0.1, 0.15) is 39.2 Å². The third-order valence-corrected chi connectivity index (χ3v) is 5.46. The number of anilines is 1. The number of piperidine rings is 1. The summed E-state index contributed by atoms with van der Waals surface area (Å²) >= 11 is 0. The van der Waals surface area contributed by atoms with Crippen LogP contribution in [0.3, 0.4) is 0 Å². The minimum atomic E-state index is -3.33. The minimum absolute atomic E-state index is 0.0933. The molecule has 0 amide bonds. The van der Waals surface area contributed by atoms with Crippen LogP contribution in [-0.4, -0.2) is 26.8 Å². The number of sulfonamides is 1. The second-order valence-corrected chi connectivity index (χ2v) is 8.37. The van der Waals surface area contributed by atoms with Crippen molar-refractivity contribution in [2.45, 2.75) is 44.3 Å². The topological polar surface area (TPSA) is 58.2 Å². The Hall–Kier alpha value is -1.07. The van der Waals surface area contributed by atoms with Crippen LogP contribution in [-0.2, 0) is 15.4 Å². The molecular formula is C15H24N2O2S. The van der Waals surface area contributed by atoms with Crippen molar-refractivity contribution >= 4 is 15.7 Å². The molecule has 1 aliphatic heterocycles. The van der Waals surface area contributed by atoms with E-state index < -0.39 is 10.0 Å². The Balaban J connectivity index is 2.25. The predicted octanol–water partition coefficient (Wildman–Crippen LogP) is 2.48. The average molecular weight is 296 g/mol. The highest BCUT2D eigenvalue weighted by Gasteiger charge is 2.28. The van der Waals surface area contributed by atoms with Gasteiger partial charge in [0.2, 0.25) is 10.0 Å². The number of nitrogens with one attached hydrogen (secondary N) is 2. The van der Waals surface area contributed by atoms with E-state index in [2.05, 4.69) is 30.8 Å². The van der Waals surface area contributed by atoms with Crippen molar-refractivity contribution in [2.75, 3.05) is 17.8 Å². The first-order valence-corrected chi connectivity index (χ1v) is 8.67. The summed E-state index contributed by atoms with van der Waals surface area (Å²) in [7, 11) is -3.33. The summed E-state index contributed by atoms with van der Waals surface area (Å²) in [5.74, 6) is 0. The lowest BCUT2D eigenvalue weighted by Gasteiger charge is -2.27. The average Bonchev–Trinajstić information content (AvgIpc) is 2.39. The molecule has 1 aliphatic rings. The van der Waals surface area contributed by atoms with Crippen molar-refractivity contribution in [1.29, 1.82) is 0 Å². The Morgan fingerprint density at radius 1 is 1.25 bits per heavy atom. The Morgan fingerprint density at radius 2 is 1.95 bits per heavy atom. The number of benzene rings is 1. The standard InChI is InChI=1S/C15H24N2O2S/c1-15(2,3)13-8-4-5-9-14(13)17-20(18,19)12-7-6-10-16-11-12/h4-5,8-9,12,16-17H,6-7,10-11H2,1-3H3. The molecule has 0 saturated carbocycles. The van der Waals surface area contributed by atoms with Gasteiger partial charge >= 0.3 is 0 Å². The molecule has 0 aliphatic carbocycles. The molecule has 0 bridgehead atoms. The van der Waals surface area contributed by atoms with E-state index in [0.717, 1.165) is 24.9 Å². The number of rotatable bonds is 3. The van der Waals surface area contributed by atoms with Gasteiger partial charge < -0.3 is 5.32 Å². The molecule has 0 spiro atoms. The first-order valence-electron chi connectivity index (χ1n) is 7.12. The van der Waals surface area contributed by atoms with E-state index in [4.69, 9.17) is 0 Å². The van der Waals surface area contributed by atoms with Crippen molar-refractivity contribution < 1.29 is 8.42 Å². The molecule has 1 atom stereocenters. The van der Waals surface area contributed by atoms with E-state index >= 15 is 0 Å². The molecule has 0 aromatic heterocycles. The van der Waals surface area contributed by atoms with Gasteiger partial charge in [-0.15, -0.1) is 0 Å². The quantitative estimate of drug-likeness (QED) is 0.901. The Morgan fingerprint density at radius 3 is 2.55 bits per heavy atom. The molecule has 1 heterocycles. The van der Waals surface area contributed by atoms with Crippen LogP contribution in [0.5, 0.6) is 0 Å². The van der Waals surface area contributed by atoms with E-state index in [-0.39, 0.29) is 10.7 Å². The molecule has 2 rings (SSSR count). The summed E-state index contributed by atoms with van der Waals surface area (Å²) in [5, 5.41) is 2.81. The van der Waals surface area contributed by atoms with Crippen molar-refractivity contribution in [3.63, 3.8) is 0 Å². The minimum Gasteiger partial charge on any atom is -0.315 e. The monoisotopic (exact) mass is 296 g/mol. The smallest absolute Gasteiger partial charge is 0.236 e. The van der Waals surface area contributed by atoms with Crippen LogP contribution < -0.4 is 10.0 Å². The van der Waals surface area contributed by atoms with Gasteiger partial charge in [0.05, 0.1) is 10.9 Å². The molecule has 112 valence electrons. The Bertz CT molecular complexity index is 555. The summed E-state index contributed by atoms with van der Waals surface area (Å²) in [6.07, 6.45) is 1.63. The molecule has 2 N–H and O–H groups in total. The lowest BCUT2D eigenvalue weighted by Crippen LogP contribution is -2.41. The fourth-order valence-electron chi connectivity index (χ4n) is 2.55. The lowest BCUT2D eigenvalue weighted by molar-refractivity contribution is 0.499. The number of hydrogen-bond donors (Lipinski definition) is 2. The summed E-state index contributed by atoms with van der Waals surface area (Å²) in [6, 6.07) is 7.64. The van der Waals surface area contributed by atoms with Crippen LogP contribution in [0.15, 0.2) is 24.3 Å². The molecule has 1 unspecified atom stereocenters. The maximum atomic E-state index is 12.5. The maximum absolute atomic E-state index is 12.5. The fourth-order valence-corrected chi connectivity index (χ4v) is 4.01. The van der Waals surface area contributed by atoms with Gasteiger partial charge in [0, 0.05) is 6.54 Å².